The van der Waals surface area contributed by atoms with Gasteiger partial charge in [0.25, 0.3) is 0 Å². The van der Waals surface area contributed by atoms with E-state index in [0.29, 0.717) is 5.41 Å². The van der Waals surface area contributed by atoms with Crippen LogP contribution in [0, 0.1) is 23.2 Å². The number of hydrogen-bond donors (Lipinski definition) is 0. The second-order valence-corrected chi connectivity index (χ2v) is 7.36. The van der Waals surface area contributed by atoms with E-state index in [4.69, 9.17) is 0 Å². The Morgan fingerprint density at radius 2 is 1.71 bits per heavy atom. The SMILES string of the molecule is CC(C)(C)C1CSCC2CCCC2C1. The summed E-state index contributed by atoms with van der Waals surface area (Å²) < 4.78 is 0. The minimum atomic E-state index is 0.532. The molecule has 2 fully saturated rings. The van der Waals surface area contributed by atoms with Crippen LogP contribution in [0.25, 0.3) is 0 Å². The third kappa shape index (κ3) is 2.29. The molecule has 1 aliphatic carbocycles. The molecule has 1 saturated heterocycles. The van der Waals surface area contributed by atoms with Crippen LogP contribution < -0.4 is 0 Å². The maximum absolute atomic E-state index is 2.42. The summed E-state index contributed by atoms with van der Waals surface area (Å²) in [4.78, 5) is 0. The molecule has 0 bridgehead atoms. The molecule has 1 heterocycles. The van der Waals surface area contributed by atoms with Gasteiger partial charge in [-0.25, -0.2) is 0 Å². The van der Waals surface area contributed by atoms with Gasteiger partial charge in [0.15, 0.2) is 0 Å². The fourth-order valence-corrected chi connectivity index (χ4v) is 4.84. The molecule has 0 amide bonds. The van der Waals surface area contributed by atoms with Crippen molar-refractivity contribution < 1.29 is 0 Å². The highest BCUT2D eigenvalue weighted by Crippen LogP contribution is 2.45. The van der Waals surface area contributed by atoms with Crippen molar-refractivity contribution in [3.8, 4) is 0 Å². The molecule has 0 N–H and O–H groups in total. The lowest BCUT2D eigenvalue weighted by Crippen LogP contribution is -2.24. The average molecular weight is 212 g/mol. The summed E-state index contributed by atoms with van der Waals surface area (Å²) in [5.41, 5.74) is 0.532. The zero-order chi connectivity index (χ0) is 10.2. The van der Waals surface area contributed by atoms with Gasteiger partial charge in [-0.3, -0.25) is 0 Å². The number of rotatable bonds is 0. The van der Waals surface area contributed by atoms with E-state index in [1.54, 1.807) is 0 Å². The molecular weight excluding hydrogens is 188 g/mol. The van der Waals surface area contributed by atoms with E-state index in [0.717, 1.165) is 17.8 Å². The number of thioether (sulfide) groups is 1. The summed E-state index contributed by atoms with van der Waals surface area (Å²) in [5, 5.41) is 0. The lowest BCUT2D eigenvalue weighted by atomic mass is 9.75. The molecule has 0 aromatic heterocycles. The van der Waals surface area contributed by atoms with E-state index in [1.165, 1.54) is 37.2 Å². The second kappa shape index (κ2) is 4.08. The van der Waals surface area contributed by atoms with Gasteiger partial charge in [-0.1, -0.05) is 33.6 Å². The first-order valence-electron chi connectivity index (χ1n) is 6.15. The van der Waals surface area contributed by atoms with E-state index in [1.807, 2.05) is 0 Å². The minimum Gasteiger partial charge on any atom is -0.161 e. The predicted octanol–water partition coefficient (Wildman–Crippen LogP) is 4.20. The molecule has 0 nitrogen and oxygen atoms in total. The van der Waals surface area contributed by atoms with Gasteiger partial charge in [0.1, 0.15) is 0 Å². The Kier molecular flexibility index (Phi) is 3.16. The fourth-order valence-electron chi connectivity index (χ4n) is 3.04. The van der Waals surface area contributed by atoms with Gasteiger partial charge >= 0.3 is 0 Å². The van der Waals surface area contributed by atoms with Crippen molar-refractivity contribution >= 4 is 11.8 Å². The topological polar surface area (TPSA) is 0 Å². The van der Waals surface area contributed by atoms with E-state index >= 15 is 0 Å². The van der Waals surface area contributed by atoms with Crippen molar-refractivity contribution in [1.82, 2.24) is 0 Å². The van der Waals surface area contributed by atoms with Crippen LogP contribution in [0.4, 0.5) is 0 Å². The summed E-state index contributed by atoms with van der Waals surface area (Å²) >= 11 is 2.23. The molecule has 82 valence electrons. The molecule has 3 unspecified atom stereocenters. The molecule has 0 aromatic carbocycles. The Bertz CT molecular complexity index is 192. The lowest BCUT2D eigenvalue weighted by molar-refractivity contribution is 0.209. The molecule has 0 spiro atoms. The summed E-state index contributed by atoms with van der Waals surface area (Å²) in [7, 11) is 0. The van der Waals surface area contributed by atoms with Crippen LogP contribution >= 0.6 is 11.8 Å². The van der Waals surface area contributed by atoms with Crippen LogP contribution in [-0.4, -0.2) is 11.5 Å². The first-order valence-corrected chi connectivity index (χ1v) is 7.30. The molecular formula is C13H24S. The maximum atomic E-state index is 2.42. The Labute approximate surface area is 93.2 Å². The second-order valence-electron chi connectivity index (χ2n) is 6.29. The predicted molar refractivity (Wildman–Crippen MR) is 65.7 cm³/mol. The van der Waals surface area contributed by atoms with Gasteiger partial charge in [-0.15, -0.1) is 0 Å². The van der Waals surface area contributed by atoms with Gasteiger partial charge < -0.3 is 0 Å². The zero-order valence-corrected chi connectivity index (χ0v) is 10.7. The quantitative estimate of drug-likeness (QED) is 0.580. The van der Waals surface area contributed by atoms with Crippen LogP contribution in [0.1, 0.15) is 46.5 Å². The summed E-state index contributed by atoms with van der Waals surface area (Å²) in [6.07, 6.45) is 6.07. The molecule has 3 atom stereocenters. The van der Waals surface area contributed by atoms with Crippen LogP contribution in [-0.2, 0) is 0 Å². The summed E-state index contributed by atoms with van der Waals surface area (Å²) in [6, 6.07) is 0. The Balaban J connectivity index is 2.02. The third-order valence-electron chi connectivity index (χ3n) is 4.28. The van der Waals surface area contributed by atoms with Gasteiger partial charge in [0, 0.05) is 0 Å². The van der Waals surface area contributed by atoms with Crippen molar-refractivity contribution in [1.29, 1.82) is 0 Å². The van der Waals surface area contributed by atoms with Gasteiger partial charge in [0.2, 0.25) is 0 Å². The zero-order valence-electron chi connectivity index (χ0n) is 9.88. The Morgan fingerprint density at radius 3 is 2.43 bits per heavy atom. The molecule has 1 aliphatic heterocycles. The van der Waals surface area contributed by atoms with Crippen LogP contribution in [0.15, 0.2) is 0 Å². The van der Waals surface area contributed by atoms with Crippen molar-refractivity contribution in [3.05, 3.63) is 0 Å². The average Bonchev–Trinajstić information content (AvgIpc) is 2.41. The highest BCUT2D eigenvalue weighted by atomic mass is 32.2. The number of hydrogen-bond acceptors (Lipinski definition) is 1. The maximum Gasteiger partial charge on any atom is -0.00339 e. The van der Waals surface area contributed by atoms with Crippen LogP contribution in [0.2, 0.25) is 0 Å². The standard InChI is InChI=1S/C13H24S/c1-13(2,3)12-7-10-5-4-6-11(10)8-14-9-12/h10-12H,4-9H2,1-3H3. The van der Waals surface area contributed by atoms with E-state index in [-0.39, 0.29) is 0 Å². The van der Waals surface area contributed by atoms with Crippen molar-refractivity contribution in [2.45, 2.75) is 46.5 Å². The van der Waals surface area contributed by atoms with Crippen LogP contribution in [0.3, 0.4) is 0 Å². The molecule has 0 aromatic rings. The number of fused-ring (bicyclic) bond motifs is 1. The molecule has 0 radical (unpaired) electrons. The van der Waals surface area contributed by atoms with Crippen molar-refractivity contribution in [2.75, 3.05) is 11.5 Å². The van der Waals surface area contributed by atoms with E-state index in [9.17, 15) is 0 Å². The van der Waals surface area contributed by atoms with E-state index < -0.39 is 0 Å². The van der Waals surface area contributed by atoms with Gasteiger partial charge in [0.05, 0.1) is 0 Å². The normalized spacial score (nSPS) is 39.2. The monoisotopic (exact) mass is 212 g/mol. The van der Waals surface area contributed by atoms with Gasteiger partial charge in [-0.2, -0.15) is 11.8 Å². The minimum absolute atomic E-state index is 0.532. The third-order valence-corrected chi connectivity index (χ3v) is 5.58. The van der Waals surface area contributed by atoms with Crippen molar-refractivity contribution in [2.24, 2.45) is 23.2 Å². The molecule has 2 rings (SSSR count). The highest BCUT2D eigenvalue weighted by Gasteiger charge is 2.35. The van der Waals surface area contributed by atoms with Gasteiger partial charge in [-0.05, 0) is 47.5 Å². The lowest BCUT2D eigenvalue weighted by Gasteiger charge is -2.31. The first-order chi connectivity index (χ1) is 6.57. The molecule has 1 heteroatoms. The Morgan fingerprint density at radius 1 is 1.00 bits per heavy atom. The largest absolute Gasteiger partial charge is 0.161 e. The Hall–Kier alpha value is 0.350. The molecule has 1 saturated carbocycles. The molecule has 14 heavy (non-hydrogen) atoms. The smallest absolute Gasteiger partial charge is 0.00339 e. The summed E-state index contributed by atoms with van der Waals surface area (Å²) in [6.45, 7) is 7.27. The fraction of sp³-hybridized carbons (Fsp3) is 1.00. The van der Waals surface area contributed by atoms with E-state index in [2.05, 4.69) is 32.5 Å². The summed E-state index contributed by atoms with van der Waals surface area (Å²) in [5.74, 6) is 5.98. The first kappa shape index (κ1) is 10.9. The van der Waals surface area contributed by atoms with Crippen LogP contribution in [0.5, 0.6) is 0 Å². The highest BCUT2D eigenvalue weighted by molar-refractivity contribution is 7.99. The van der Waals surface area contributed by atoms with Crippen molar-refractivity contribution in [3.63, 3.8) is 0 Å². The molecule has 2 aliphatic rings.